The summed E-state index contributed by atoms with van der Waals surface area (Å²) in [5.41, 5.74) is 10.7. The van der Waals surface area contributed by atoms with E-state index in [1.807, 2.05) is 0 Å². The summed E-state index contributed by atoms with van der Waals surface area (Å²) in [7, 11) is 0. The molecule has 0 aliphatic rings. The molecule has 55 heavy (non-hydrogen) atoms. The van der Waals surface area contributed by atoms with E-state index in [1.54, 1.807) is 0 Å². The molecule has 0 spiro atoms. The summed E-state index contributed by atoms with van der Waals surface area (Å²) in [6, 6.07) is 69.2. The molecule has 10 aromatic carbocycles. The normalized spacial score (nSPS) is 11.8. The highest BCUT2D eigenvalue weighted by atomic mass is 15.1. The molecule has 258 valence electrons. The van der Waals surface area contributed by atoms with E-state index in [-0.39, 0.29) is 0 Å². The number of nitrogens with zero attached hydrogens (tertiary/aromatic N) is 2. The molecule has 0 bridgehead atoms. The van der Waals surface area contributed by atoms with E-state index >= 15 is 0 Å². The Kier molecular flexibility index (Phi) is 7.18. The maximum Gasteiger partial charge on any atom is 0.114 e. The third-order valence-electron chi connectivity index (χ3n) is 11.5. The second-order valence-corrected chi connectivity index (χ2v) is 14.6. The number of aryl methyl sites for hydroxylation is 1. The molecule has 0 atom stereocenters. The molecule has 1 aromatic heterocycles. The number of hydrogen-bond donors (Lipinski definition) is 0. The Hall–Kier alpha value is -7.03. The van der Waals surface area contributed by atoms with Crippen molar-refractivity contribution in [2.24, 2.45) is 0 Å². The van der Waals surface area contributed by atoms with E-state index in [0.717, 1.165) is 29.0 Å². The SMILES string of the molecule is CCc1nc2ccccc2n1-c1ccc(-c2c3ccccc3c(-c3ccc4c(ccc5ccc6ccccc6c54)c3)c3cc(-c4ccccc4)ccc23)cc1. The van der Waals surface area contributed by atoms with Crippen LogP contribution >= 0.6 is 0 Å². The van der Waals surface area contributed by atoms with Crippen LogP contribution in [0.1, 0.15) is 12.7 Å². The predicted molar refractivity (Wildman–Crippen MR) is 234 cm³/mol. The van der Waals surface area contributed by atoms with Crippen molar-refractivity contribution in [2.75, 3.05) is 0 Å². The van der Waals surface area contributed by atoms with Crippen LogP contribution in [0.3, 0.4) is 0 Å². The molecule has 11 rings (SSSR count). The lowest BCUT2D eigenvalue weighted by atomic mass is 9.84. The second kappa shape index (κ2) is 12.5. The number of aromatic nitrogens is 2. The summed E-state index contributed by atoms with van der Waals surface area (Å²) in [6.45, 7) is 2.18. The van der Waals surface area contributed by atoms with Crippen molar-refractivity contribution in [2.45, 2.75) is 13.3 Å². The van der Waals surface area contributed by atoms with E-state index < -0.39 is 0 Å². The van der Waals surface area contributed by atoms with E-state index in [4.69, 9.17) is 4.98 Å². The van der Waals surface area contributed by atoms with Gasteiger partial charge in [-0.25, -0.2) is 4.98 Å². The third kappa shape index (κ3) is 4.99. The highest BCUT2D eigenvalue weighted by molar-refractivity contribution is 6.24. The molecule has 2 nitrogen and oxygen atoms in total. The standard InChI is InChI=1S/C53H36N2/c1-2-50-54-48-18-10-11-19-49(48)55(50)41-28-24-37(25-29-41)52-44-16-8-9-17-45(44)53(47-33-38(26-31-46(47)52)34-12-4-3-5-13-34)40-27-30-43-39(32-40)23-22-36-21-20-35-14-6-7-15-42(35)51(36)43/h3-33H,2H2,1H3. The van der Waals surface area contributed by atoms with Crippen LogP contribution in [0.25, 0.3) is 104 Å². The van der Waals surface area contributed by atoms with Gasteiger partial charge in [0.15, 0.2) is 0 Å². The minimum atomic E-state index is 0.860. The lowest BCUT2D eigenvalue weighted by molar-refractivity contribution is 0.908. The van der Waals surface area contributed by atoms with Gasteiger partial charge in [-0.05, 0) is 124 Å². The number of fused-ring (bicyclic) bond motifs is 8. The molecule has 0 amide bonds. The van der Waals surface area contributed by atoms with Crippen LogP contribution in [0.4, 0.5) is 0 Å². The first-order valence-corrected chi connectivity index (χ1v) is 19.2. The molecule has 0 radical (unpaired) electrons. The van der Waals surface area contributed by atoms with E-state index in [9.17, 15) is 0 Å². The predicted octanol–water partition coefficient (Wildman–Crippen LogP) is 14.4. The Morgan fingerprint density at radius 3 is 1.78 bits per heavy atom. The highest BCUT2D eigenvalue weighted by Crippen LogP contribution is 2.46. The van der Waals surface area contributed by atoms with E-state index in [1.165, 1.54) is 87.2 Å². The number of hydrogen-bond acceptors (Lipinski definition) is 1. The number of imidazole rings is 1. The molecule has 0 N–H and O–H groups in total. The summed E-state index contributed by atoms with van der Waals surface area (Å²) in [4.78, 5) is 4.95. The average Bonchev–Trinajstić information content (AvgIpc) is 3.64. The molecule has 0 saturated heterocycles. The van der Waals surface area contributed by atoms with Gasteiger partial charge in [-0.2, -0.15) is 0 Å². The second-order valence-electron chi connectivity index (χ2n) is 14.6. The molecule has 0 saturated carbocycles. The van der Waals surface area contributed by atoms with Crippen LogP contribution in [0, 0.1) is 0 Å². The Balaban J connectivity index is 1.16. The van der Waals surface area contributed by atoms with Crippen LogP contribution in [0.5, 0.6) is 0 Å². The Bertz CT molecular complexity index is 3280. The van der Waals surface area contributed by atoms with Crippen LogP contribution in [-0.4, -0.2) is 9.55 Å². The minimum absolute atomic E-state index is 0.860. The number of benzene rings is 10. The number of para-hydroxylation sites is 2. The van der Waals surface area contributed by atoms with Gasteiger partial charge in [-0.15, -0.1) is 0 Å². The van der Waals surface area contributed by atoms with Crippen molar-refractivity contribution in [3.05, 3.63) is 194 Å². The van der Waals surface area contributed by atoms with Crippen LogP contribution in [-0.2, 0) is 6.42 Å². The van der Waals surface area contributed by atoms with Gasteiger partial charge < -0.3 is 0 Å². The summed E-state index contributed by atoms with van der Waals surface area (Å²) >= 11 is 0. The van der Waals surface area contributed by atoms with Crippen LogP contribution in [0.2, 0.25) is 0 Å². The average molecular weight is 701 g/mol. The molecule has 11 aromatic rings. The highest BCUT2D eigenvalue weighted by Gasteiger charge is 2.19. The molecule has 0 unspecified atom stereocenters. The maximum absolute atomic E-state index is 4.95. The zero-order chi connectivity index (χ0) is 36.5. The van der Waals surface area contributed by atoms with Crippen molar-refractivity contribution < 1.29 is 0 Å². The van der Waals surface area contributed by atoms with Gasteiger partial charge in [0.1, 0.15) is 5.82 Å². The monoisotopic (exact) mass is 700 g/mol. The third-order valence-corrected chi connectivity index (χ3v) is 11.5. The van der Waals surface area contributed by atoms with E-state index in [0.29, 0.717) is 0 Å². The molecule has 1 heterocycles. The fourth-order valence-corrected chi connectivity index (χ4v) is 8.98. The maximum atomic E-state index is 4.95. The van der Waals surface area contributed by atoms with Crippen molar-refractivity contribution in [3.8, 4) is 39.1 Å². The molecule has 0 fully saturated rings. The Morgan fingerprint density at radius 1 is 0.400 bits per heavy atom. The van der Waals surface area contributed by atoms with Crippen molar-refractivity contribution in [1.82, 2.24) is 9.55 Å². The summed E-state index contributed by atoms with van der Waals surface area (Å²) in [5.74, 6) is 1.07. The molecular formula is C53H36N2. The van der Waals surface area contributed by atoms with Gasteiger partial charge in [0.2, 0.25) is 0 Å². The van der Waals surface area contributed by atoms with Crippen LogP contribution < -0.4 is 0 Å². The van der Waals surface area contributed by atoms with Gasteiger partial charge >= 0.3 is 0 Å². The van der Waals surface area contributed by atoms with Crippen molar-refractivity contribution in [3.63, 3.8) is 0 Å². The smallest absolute Gasteiger partial charge is 0.114 e. The summed E-state index contributed by atoms with van der Waals surface area (Å²) in [5, 5.41) is 12.7. The minimum Gasteiger partial charge on any atom is -0.296 e. The summed E-state index contributed by atoms with van der Waals surface area (Å²) in [6.07, 6.45) is 0.860. The van der Waals surface area contributed by atoms with Gasteiger partial charge in [0.05, 0.1) is 11.0 Å². The van der Waals surface area contributed by atoms with Crippen LogP contribution in [0.15, 0.2) is 188 Å². The Labute approximate surface area is 319 Å². The van der Waals surface area contributed by atoms with Gasteiger partial charge in [0, 0.05) is 12.1 Å². The van der Waals surface area contributed by atoms with Crippen molar-refractivity contribution in [1.29, 1.82) is 0 Å². The zero-order valence-corrected chi connectivity index (χ0v) is 30.5. The molecule has 0 aliphatic heterocycles. The summed E-state index contributed by atoms with van der Waals surface area (Å²) < 4.78 is 2.30. The number of rotatable bonds is 5. The van der Waals surface area contributed by atoms with Gasteiger partial charge in [0.25, 0.3) is 0 Å². The molecule has 2 heteroatoms. The lowest BCUT2D eigenvalue weighted by Gasteiger charge is -2.19. The fraction of sp³-hybridized carbons (Fsp3) is 0.0377. The lowest BCUT2D eigenvalue weighted by Crippen LogP contribution is -2.00. The van der Waals surface area contributed by atoms with Crippen molar-refractivity contribution >= 4 is 64.9 Å². The quantitative estimate of drug-likeness (QED) is 0.129. The fourth-order valence-electron chi connectivity index (χ4n) is 8.98. The zero-order valence-electron chi connectivity index (χ0n) is 30.5. The Morgan fingerprint density at radius 2 is 0.982 bits per heavy atom. The van der Waals surface area contributed by atoms with Gasteiger partial charge in [-0.3, -0.25) is 4.57 Å². The first-order chi connectivity index (χ1) is 27.2. The van der Waals surface area contributed by atoms with Gasteiger partial charge in [-0.1, -0.05) is 159 Å². The first kappa shape index (κ1) is 31.5. The van der Waals surface area contributed by atoms with E-state index in [2.05, 4.69) is 200 Å². The molecular weight excluding hydrogens is 665 g/mol. The largest absolute Gasteiger partial charge is 0.296 e. The first-order valence-electron chi connectivity index (χ1n) is 19.2. The topological polar surface area (TPSA) is 17.8 Å². The molecule has 0 aliphatic carbocycles.